The Labute approximate surface area is 138 Å². The molecule has 2 N–H and O–H groups in total. The molecule has 1 aromatic heterocycles. The average Bonchev–Trinajstić information content (AvgIpc) is 2.86. The highest BCUT2D eigenvalue weighted by Gasteiger charge is 2.32. The zero-order valence-electron chi connectivity index (χ0n) is 12.8. The van der Waals surface area contributed by atoms with Gasteiger partial charge in [-0.2, -0.15) is 0 Å². The fraction of sp³-hybridized carbons (Fsp3) is 0.714. The van der Waals surface area contributed by atoms with E-state index in [0.717, 1.165) is 30.7 Å². The second-order valence-corrected chi connectivity index (χ2v) is 9.19. The minimum absolute atomic E-state index is 0. The Kier molecular flexibility index (Phi) is 6.68. The summed E-state index contributed by atoms with van der Waals surface area (Å²) in [6.45, 7) is 7.84. The lowest BCUT2D eigenvalue weighted by Crippen LogP contribution is -2.52. The number of hydrogen-bond donors (Lipinski definition) is 2. The normalized spacial score (nSPS) is 21.8. The number of nitrogens with one attached hydrogen (secondary N) is 2. The van der Waals surface area contributed by atoms with E-state index in [9.17, 15) is 8.42 Å². The van der Waals surface area contributed by atoms with Crippen molar-refractivity contribution in [2.24, 2.45) is 5.41 Å². The summed E-state index contributed by atoms with van der Waals surface area (Å²) in [7, 11) is -3.37. The van der Waals surface area contributed by atoms with Crippen molar-refractivity contribution in [3.63, 3.8) is 0 Å². The third kappa shape index (κ3) is 4.66. The maximum atomic E-state index is 12.3. The summed E-state index contributed by atoms with van der Waals surface area (Å²) in [6.07, 6.45) is 3.16. The Balaban J connectivity index is 0.00000220. The average molecular weight is 353 g/mol. The van der Waals surface area contributed by atoms with Gasteiger partial charge < -0.3 is 5.32 Å². The Bertz CT molecular complexity index is 555. The van der Waals surface area contributed by atoms with Gasteiger partial charge in [-0.1, -0.05) is 20.8 Å². The van der Waals surface area contributed by atoms with E-state index in [1.54, 1.807) is 6.07 Å². The third-order valence-electron chi connectivity index (χ3n) is 4.06. The van der Waals surface area contributed by atoms with E-state index >= 15 is 0 Å². The van der Waals surface area contributed by atoms with Gasteiger partial charge in [-0.05, 0) is 43.4 Å². The molecular formula is C14H25ClN2O2S2. The number of halogens is 1. The van der Waals surface area contributed by atoms with Gasteiger partial charge in [0.05, 0.1) is 0 Å². The fourth-order valence-electron chi connectivity index (χ4n) is 2.58. The van der Waals surface area contributed by atoms with E-state index in [4.69, 9.17) is 0 Å². The minimum atomic E-state index is -3.37. The van der Waals surface area contributed by atoms with Crippen molar-refractivity contribution in [3.8, 4) is 0 Å². The summed E-state index contributed by atoms with van der Waals surface area (Å²) >= 11 is 1.36. The standard InChI is InChI=1S/C14H24N2O2S2.ClH/c1-4-11-6-7-13(19-11)20(17,18)16-10-12-14(2,3)8-5-9-15-12;/h6-7,12,15-16H,4-5,8-10H2,1-3H3;1H. The molecule has 0 spiro atoms. The Morgan fingerprint density at radius 3 is 2.71 bits per heavy atom. The van der Waals surface area contributed by atoms with Crippen molar-refractivity contribution >= 4 is 33.8 Å². The summed E-state index contributed by atoms with van der Waals surface area (Å²) < 4.78 is 27.8. The molecule has 21 heavy (non-hydrogen) atoms. The molecular weight excluding hydrogens is 328 g/mol. The van der Waals surface area contributed by atoms with Crippen LogP contribution in [0, 0.1) is 5.41 Å². The zero-order chi connectivity index (χ0) is 14.8. The maximum Gasteiger partial charge on any atom is 0.250 e. The molecule has 1 atom stereocenters. The molecule has 1 aromatic rings. The van der Waals surface area contributed by atoms with Crippen LogP contribution in [0.15, 0.2) is 16.3 Å². The Morgan fingerprint density at radius 2 is 2.14 bits per heavy atom. The van der Waals surface area contributed by atoms with Gasteiger partial charge in [-0.25, -0.2) is 13.1 Å². The van der Waals surface area contributed by atoms with Crippen LogP contribution in [-0.2, 0) is 16.4 Å². The monoisotopic (exact) mass is 352 g/mol. The van der Waals surface area contributed by atoms with Gasteiger partial charge in [0, 0.05) is 17.5 Å². The third-order valence-corrected chi connectivity index (χ3v) is 7.20. The molecule has 2 heterocycles. The predicted octanol–water partition coefficient (Wildman–Crippen LogP) is 2.79. The molecule has 7 heteroatoms. The highest BCUT2D eigenvalue weighted by Crippen LogP contribution is 2.30. The summed E-state index contributed by atoms with van der Waals surface area (Å²) in [5.74, 6) is 0. The van der Waals surface area contributed by atoms with Crippen molar-refractivity contribution in [1.29, 1.82) is 0 Å². The molecule has 0 saturated carbocycles. The molecule has 1 saturated heterocycles. The molecule has 0 aromatic carbocycles. The van der Waals surface area contributed by atoms with Crippen LogP contribution in [0.2, 0.25) is 0 Å². The number of hydrogen-bond acceptors (Lipinski definition) is 4. The first-order chi connectivity index (χ1) is 9.35. The summed E-state index contributed by atoms with van der Waals surface area (Å²) in [4.78, 5) is 1.10. The number of aryl methyl sites for hydroxylation is 1. The van der Waals surface area contributed by atoms with E-state index in [0.29, 0.717) is 10.8 Å². The molecule has 0 aliphatic carbocycles. The van der Waals surface area contributed by atoms with Gasteiger partial charge >= 0.3 is 0 Å². The van der Waals surface area contributed by atoms with Crippen LogP contribution in [-0.4, -0.2) is 27.5 Å². The second-order valence-electron chi connectivity index (χ2n) is 6.03. The van der Waals surface area contributed by atoms with Crippen LogP contribution in [0.5, 0.6) is 0 Å². The highest BCUT2D eigenvalue weighted by molar-refractivity contribution is 7.91. The predicted molar refractivity (Wildman–Crippen MR) is 90.9 cm³/mol. The van der Waals surface area contributed by atoms with Crippen molar-refractivity contribution < 1.29 is 8.42 Å². The first-order valence-electron chi connectivity index (χ1n) is 7.17. The topological polar surface area (TPSA) is 58.2 Å². The van der Waals surface area contributed by atoms with Crippen LogP contribution >= 0.6 is 23.7 Å². The van der Waals surface area contributed by atoms with Gasteiger partial charge in [0.1, 0.15) is 4.21 Å². The molecule has 2 rings (SSSR count). The van der Waals surface area contributed by atoms with Crippen molar-refractivity contribution in [2.45, 2.75) is 50.3 Å². The number of rotatable bonds is 5. The lowest BCUT2D eigenvalue weighted by Gasteiger charge is -2.39. The van der Waals surface area contributed by atoms with E-state index in [1.165, 1.54) is 11.3 Å². The van der Waals surface area contributed by atoms with Crippen LogP contribution in [0.25, 0.3) is 0 Å². The second kappa shape index (κ2) is 7.42. The molecule has 1 aliphatic heterocycles. The number of sulfonamides is 1. The van der Waals surface area contributed by atoms with E-state index < -0.39 is 10.0 Å². The minimum Gasteiger partial charge on any atom is -0.312 e. The highest BCUT2D eigenvalue weighted by atomic mass is 35.5. The van der Waals surface area contributed by atoms with E-state index in [1.807, 2.05) is 13.0 Å². The first kappa shape index (κ1) is 18.9. The summed E-state index contributed by atoms with van der Waals surface area (Å²) in [6, 6.07) is 3.78. The molecule has 1 aliphatic rings. The van der Waals surface area contributed by atoms with Gasteiger partial charge in [-0.15, -0.1) is 23.7 Å². The fourth-order valence-corrected chi connectivity index (χ4v) is 4.96. The molecule has 1 fully saturated rings. The van der Waals surface area contributed by atoms with Gasteiger partial charge in [0.2, 0.25) is 10.0 Å². The van der Waals surface area contributed by atoms with Crippen LogP contribution < -0.4 is 10.0 Å². The summed E-state index contributed by atoms with van der Waals surface area (Å²) in [5.41, 5.74) is 0.130. The smallest absolute Gasteiger partial charge is 0.250 e. The molecule has 122 valence electrons. The Hall–Kier alpha value is -0.140. The lowest BCUT2D eigenvalue weighted by molar-refractivity contribution is 0.182. The number of piperidine rings is 1. The van der Waals surface area contributed by atoms with Crippen LogP contribution in [0.4, 0.5) is 0 Å². The quantitative estimate of drug-likeness (QED) is 0.856. The van der Waals surface area contributed by atoms with Crippen LogP contribution in [0.1, 0.15) is 38.5 Å². The van der Waals surface area contributed by atoms with E-state index in [-0.39, 0.29) is 23.9 Å². The lowest BCUT2D eigenvalue weighted by atomic mass is 9.78. The zero-order valence-corrected chi connectivity index (χ0v) is 15.3. The van der Waals surface area contributed by atoms with Crippen LogP contribution in [0.3, 0.4) is 0 Å². The summed E-state index contributed by atoms with van der Waals surface area (Å²) in [5, 5.41) is 3.43. The van der Waals surface area contributed by atoms with Gasteiger partial charge in [0.15, 0.2) is 0 Å². The number of thiophene rings is 1. The van der Waals surface area contributed by atoms with Crippen molar-refractivity contribution in [1.82, 2.24) is 10.0 Å². The van der Waals surface area contributed by atoms with E-state index in [2.05, 4.69) is 23.9 Å². The molecule has 0 radical (unpaired) electrons. The van der Waals surface area contributed by atoms with Crippen molar-refractivity contribution in [3.05, 3.63) is 17.0 Å². The SMILES string of the molecule is CCc1ccc(S(=O)(=O)NCC2NCCCC2(C)C)s1.Cl. The molecule has 0 bridgehead atoms. The Morgan fingerprint density at radius 1 is 1.43 bits per heavy atom. The molecule has 0 amide bonds. The maximum absolute atomic E-state index is 12.3. The molecule has 1 unspecified atom stereocenters. The molecule has 4 nitrogen and oxygen atoms in total. The first-order valence-corrected chi connectivity index (χ1v) is 9.47. The van der Waals surface area contributed by atoms with Crippen molar-refractivity contribution in [2.75, 3.05) is 13.1 Å². The van der Waals surface area contributed by atoms with Gasteiger partial charge in [0.25, 0.3) is 0 Å². The largest absolute Gasteiger partial charge is 0.312 e. The van der Waals surface area contributed by atoms with Gasteiger partial charge in [-0.3, -0.25) is 0 Å².